The molecule has 1 heterocycles. The van der Waals surface area contributed by atoms with E-state index in [-0.39, 0.29) is 5.78 Å². The van der Waals surface area contributed by atoms with Gasteiger partial charge in [0.05, 0.1) is 7.11 Å². The maximum atomic E-state index is 12.7. The van der Waals surface area contributed by atoms with E-state index in [1.807, 2.05) is 19.1 Å². The van der Waals surface area contributed by atoms with Gasteiger partial charge in [0.1, 0.15) is 11.4 Å². The quantitative estimate of drug-likeness (QED) is 0.766. The lowest BCUT2D eigenvalue weighted by atomic mass is 9.85. The number of methoxy groups -OCH3 is 1. The predicted molar refractivity (Wildman–Crippen MR) is 71.7 cm³/mol. The monoisotopic (exact) mass is 264 g/mol. The number of ketones is 1. The van der Waals surface area contributed by atoms with Crippen LogP contribution in [0.3, 0.4) is 0 Å². The van der Waals surface area contributed by atoms with Crippen molar-refractivity contribution in [3.05, 3.63) is 29.8 Å². The molecule has 0 aliphatic carbocycles. The van der Waals surface area contributed by atoms with Crippen LogP contribution in [-0.4, -0.2) is 38.3 Å². The molecule has 0 atom stereocenters. The SMILES string of the molecule is CCOC1(C(=O)c2cccc(OC)c2)CCOCC1. The zero-order valence-electron chi connectivity index (χ0n) is 11.5. The number of carbonyl (C=O) groups excluding carboxylic acids is 1. The lowest BCUT2D eigenvalue weighted by Gasteiger charge is -2.35. The molecule has 2 rings (SSSR count). The molecule has 0 aromatic heterocycles. The fourth-order valence-corrected chi connectivity index (χ4v) is 2.44. The largest absolute Gasteiger partial charge is 0.497 e. The first-order valence-corrected chi connectivity index (χ1v) is 6.62. The van der Waals surface area contributed by atoms with E-state index in [4.69, 9.17) is 14.2 Å². The highest BCUT2D eigenvalue weighted by Crippen LogP contribution is 2.30. The fraction of sp³-hybridized carbons (Fsp3) is 0.533. The number of ether oxygens (including phenoxy) is 3. The van der Waals surface area contributed by atoms with Crippen molar-refractivity contribution >= 4 is 5.78 Å². The lowest BCUT2D eigenvalue weighted by Crippen LogP contribution is -2.46. The van der Waals surface area contributed by atoms with Crippen LogP contribution in [0.15, 0.2) is 24.3 Å². The Morgan fingerprint density at radius 3 is 2.74 bits per heavy atom. The summed E-state index contributed by atoms with van der Waals surface area (Å²) in [4.78, 5) is 12.7. The number of carbonyl (C=O) groups is 1. The molecule has 0 spiro atoms. The molecule has 1 aliphatic rings. The van der Waals surface area contributed by atoms with Crippen molar-refractivity contribution in [2.45, 2.75) is 25.4 Å². The van der Waals surface area contributed by atoms with Gasteiger partial charge in [0.2, 0.25) is 0 Å². The zero-order chi connectivity index (χ0) is 13.7. The Labute approximate surface area is 113 Å². The highest BCUT2D eigenvalue weighted by atomic mass is 16.5. The molecule has 1 aromatic carbocycles. The van der Waals surface area contributed by atoms with E-state index in [0.29, 0.717) is 44.0 Å². The summed E-state index contributed by atoms with van der Waals surface area (Å²) < 4.78 is 16.3. The second kappa shape index (κ2) is 6.17. The van der Waals surface area contributed by atoms with Gasteiger partial charge < -0.3 is 14.2 Å². The molecule has 0 bridgehead atoms. The molecule has 1 aromatic rings. The van der Waals surface area contributed by atoms with Crippen molar-refractivity contribution in [2.24, 2.45) is 0 Å². The first-order chi connectivity index (χ1) is 9.22. The minimum atomic E-state index is -0.737. The van der Waals surface area contributed by atoms with Crippen molar-refractivity contribution in [1.82, 2.24) is 0 Å². The summed E-state index contributed by atoms with van der Waals surface area (Å²) in [6, 6.07) is 7.22. The van der Waals surface area contributed by atoms with Crippen LogP contribution in [0.5, 0.6) is 5.75 Å². The Balaban J connectivity index is 2.27. The standard InChI is InChI=1S/C15H20O4/c1-3-19-15(7-9-18-10-8-15)14(16)12-5-4-6-13(11-12)17-2/h4-6,11H,3,7-10H2,1-2H3. The molecular weight excluding hydrogens is 244 g/mol. The van der Waals surface area contributed by atoms with Gasteiger partial charge in [-0.1, -0.05) is 12.1 Å². The van der Waals surface area contributed by atoms with Crippen LogP contribution in [0.4, 0.5) is 0 Å². The summed E-state index contributed by atoms with van der Waals surface area (Å²) >= 11 is 0. The molecule has 19 heavy (non-hydrogen) atoms. The molecule has 0 saturated carbocycles. The summed E-state index contributed by atoms with van der Waals surface area (Å²) in [5.41, 5.74) is -0.103. The van der Waals surface area contributed by atoms with E-state index in [2.05, 4.69) is 0 Å². The molecule has 0 amide bonds. The van der Waals surface area contributed by atoms with Gasteiger partial charge in [0, 0.05) is 38.2 Å². The number of hydrogen-bond acceptors (Lipinski definition) is 4. The summed E-state index contributed by atoms with van der Waals surface area (Å²) in [6.45, 7) is 3.57. The third kappa shape index (κ3) is 2.96. The van der Waals surface area contributed by atoms with Crippen LogP contribution in [0.2, 0.25) is 0 Å². The molecule has 0 radical (unpaired) electrons. The van der Waals surface area contributed by atoms with Gasteiger partial charge in [-0.3, -0.25) is 4.79 Å². The molecule has 4 heteroatoms. The first-order valence-electron chi connectivity index (χ1n) is 6.62. The Kier molecular flexibility index (Phi) is 4.56. The van der Waals surface area contributed by atoms with Crippen LogP contribution in [0.1, 0.15) is 30.1 Å². The van der Waals surface area contributed by atoms with Crippen molar-refractivity contribution in [1.29, 1.82) is 0 Å². The number of hydrogen-bond donors (Lipinski definition) is 0. The van der Waals surface area contributed by atoms with E-state index in [9.17, 15) is 4.79 Å². The van der Waals surface area contributed by atoms with Gasteiger partial charge in [-0.25, -0.2) is 0 Å². The second-order valence-corrected chi connectivity index (χ2v) is 4.60. The van der Waals surface area contributed by atoms with Crippen LogP contribution < -0.4 is 4.74 Å². The maximum Gasteiger partial charge on any atom is 0.194 e. The average molecular weight is 264 g/mol. The number of benzene rings is 1. The topological polar surface area (TPSA) is 44.8 Å². The van der Waals surface area contributed by atoms with Crippen molar-refractivity contribution < 1.29 is 19.0 Å². The van der Waals surface area contributed by atoms with E-state index in [0.717, 1.165) is 0 Å². The third-order valence-electron chi connectivity index (χ3n) is 3.47. The van der Waals surface area contributed by atoms with E-state index in [1.165, 1.54) is 0 Å². The summed E-state index contributed by atoms with van der Waals surface area (Å²) in [5, 5.41) is 0. The number of Topliss-reactive ketones (excluding diaryl/α,β-unsaturated/α-hetero) is 1. The van der Waals surface area contributed by atoms with E-state index in [1.54, 1.807) is 19.2 Å². The number of rotatable bonds is 5. The Morgan fingerprint density at radius 1 is 1.37 bits per heavy atom. The van der Waals surface area contributed by atoms with Crippen LogP contribution in [-0.2, 0) is 9.47 Å². The Hall–Kier alpha value is -1.39. The maximum absolute atomic E-state index is 12.7. The van der Waals surface area contributed by atoms with Crippen molar-refractivity contribution in [3.8, 4) is 5.75 Å². The molecule has 1 fully saturated rings. The molecule has 1 saturated heterocycles. The van der Waals surface area contributed by atoms with Crippen LogP contribution in [0.25, 0.3) is 0 Å². The average Bonchev–Trinajstić information content (AvgIpc) is 2.48. The van der Waals surface area contributed by atoms with Gasteiger partial charge in [-0.2, -0.15) is 0 Å². The van der Waals surface area contributed by atoms with Gasteiger partial charge in [-0.05, 0) is 19.1 Å². The molecule has 4 nitrogen and oxygen atoms in total. The van der Waals surface area contributed by atoms with Crippen LogP contribution in [0, 0.1) is 0 Å². The smallest absolute Gasteiger partial charge is 0.194 e. The van der Waals surface area contributed by atoms with Crippen LogP contribution >= 0.6 is 0 Å². The van der Waals surface area contributed by atoms with Gasteiger partial charge in [0.15, 0.2) is 5.78 Å². The van der Waals surface area contributed by atoms with Gasteiger partial charge in [-0.15, -0.1) is 0 Å². The van der Waals surface area contributed by atoms with Crippen molar-refractivity contribution in [2.75, 3.05) is 26.9 Å². The summed E-state index contributed by atoms with van der Waals surface area (Å²) in [5.74, 6) is 0.709. The molecular formula is C15H20O4. The van der Waals surface area contributed by atoms with E-state index < -0.39 is 5.60 Å². The molecule has 1 aliphatic heterocycles. The Morgan fingerprint density at radius 2 is 2.11 bits per heavy atom. The highest BCUT2D eigenvalue weighted by Gasteiger charge is 2.41. The predicted octanol–water partition coefficient (Wildman–Crippen LogP) is 2.46. The second-order valence-electron chi connectivity index (χ2n) is 4.60. The first kappa shape index (κ1) is 14.0. The minimum Gasteiger partial charge on any atom is -0.497 e. The lowest BCUT2D eigenvalue weighted by molar-refractivity contribution is -0.0822. The third-order valence-corrected chi connectivity index (χ3v) is 3.47. The normalized spacial score (nSPS) is 18.0. The van der Waals surface area contributed by atoms with E-state index >= 15 is 0 Å². The van der Waals surface area contributed by atoms with Gasteiger partial charge >= 0.3 is 0 Å². The molecule has 0 unspecified atom stereocenters. The highest BCUT2D eigenvalue weighted by molar-refractivity contribution is 6.02. The summed E-state index contributed by atoms with van der Waals surface area (Å²) in [7, 11) is 1.59. The molecule has 0 N–H and O–H groups in total. The van der Waals surface area contributed by atoms with Crippen molar-refractivity contribution in [3.63, 3.8) is 0 Å². The molecule has 104 valence electrons. The Bertz CT molecular complexity index is 430. The zero-order valence-corrected chi connectivity index (χ0v) is 11.5. The van der Waals surface area contributed by atoms with Gasteiger partial charge in [0.25, 0.3) is 0 Å². The fourth-order valence-electron chi connectivity index (χ4n) is 2.44. The minimum absolute atomic E-state index is 0.0246. The summed E-state index contributed by atoms with van der Waals surface area (Å²) in [6.07, 6.45) is 1.22.